The lowest BCUT2D eigenvalue weighted by Crippen LogP contribution is -2.42. The van der Waals surface area contributed by atoms with Gasteiger partial charge in [-0.15, -0.1) is 10.2 Å². The number of rotatable bonds is 3. The van der Waals surface area contributed by atoms with E-state index < -0.39 is 17.7 Å². The highest BCUT2D eigenvalue weighted by Gasteiger charge is 2.41. The average molecular weight is 467 g/mol. The summed E-state index contributed by atoms with van der Waals surface area (Å²) in [5, 5.41) is 17.2. The molecule has 0 saturated carbocycles. The molecule has 4 heterocycles. The first kappa shape index (κ1) is 21.9. The van der Waals surface area contributed by atoms with E-state index in [0.29, 0.717) is 5.69 Å². The van der Waals surface area contributed by atoms with Crippen molar-refractivity contribution in [2.45, 2.75) is 24.7 Å². The molecule has 0 unspecified atom stereocenters. The van der Waals surface area contributed by atoms with E-state index in [4.69, 9.17) is 11.6 Å². The standard InChI is InChI=1S/C19H15ClF4N8/c1-31-10-28-30-17(31)18(21)2-4-32(5-3-18)14-11(7-25)6-13(29-15(14)20)12-8-26-16(27-9-12)19(22,23)24/h6,8-10H,2-5H2,1H3. The highest BCUT2D eigenvalue weighted by Crippen LogP contribution is 2.40. The van der Waals surface area contributed by atoms with Crippen molar-refractivity contribution >= 4 is 17.3 Å². The van der Waals surface area contributed by atoms with E-state index in [2.05, 4.69) is 25.1 Å². The summed E-state index contributed by atoms with van der Waals surface area (Å²) in [6, 6.07) is 3.43. The first-order valence-electron chi connectivity index (χ1n) is 9.41. The number of aryl methyl sites for hydroxylation is 1. The summed E-state index contributed by atoms with van der Waals surface area (Å²) in [6.45, 7) is 0.504. The summed E-state index contributed by atoms with van der Waals surface area (Å²) < 4.78 is 55.0. The van der Waals surface area contributed by atoms with Crippen LogP contribution in [0.4, 0.5) is 23.2 Å². The zero-order chi connectivity index (χ0) is 23.1. The van der Waals surface area contributed by atoms with Gasteiger partial charge in [0.15, 0.2) is 16.6 Å². The third-order valence-electron chi connectivity index (χ3n) is 5.26. The molecule has 0 aliphatic carbocycles. The van der Waals surface area contributed by atoms with Crippen LogP contribution in [0.25, 0.3) is 11.3 Å². The van der Waals surface area contributed by atoms with E-state index in [1.165, 1.54) is 17.0 Å². The highest BCUT2D eigenvalue weighted by atomic mass is 35.5. The smallest absolute Gasteiger partial charge is 0.368 e. The van der Waals surface area contributed by atoms with Crippen molar-refractivity contribution in [3.8, 4) is 17.3 Å². The minimum atomic E-state index is -4.67. The Morgan fingerprint density at radius 3 is 2.38 bits per heavy atom. The predicted molar refractivity (Wildman–Crippen MR) is 105 cm³/mol. The van der Waals surface area contributed by atoms with Crippen LogP contribution in [0.15, 0.2) is 24.8 Å². The van der Waals surface area contributed by atoms with Crippen molar-refractivity contribution in [2.24, 2.45) is 7.05 Å². The Morgan fingerprint density at radius 1 is 1.19 bits per heavy atom. The van der Waals surface area contributed by atoms with Crippen LogP contribution in [0.2, 0.25) is 5.15 Å². The van der Waals surface area contributed by atoms with Crippen molar-refractivity contribution in [3.05, 3.63) is 47.2 Å². The van der Waals surface area contributed by atoms with Gasteiger partial charge in [0.25, 0.3) is 0 Å². The van der Waals surface area contributed by atoms with Gasteiger partial charge in [0, 0.05) is 50.9 Å². The fraction of sp³-hybridized carbons (Fsp3) is 0.368. The maximum Gasteiger partial charge on any atom is 0.451 e. The van der Waals surface area contributed by atoms with E-state index in [0.717, 1.165) is 12.4 Å². The molecule has 13 heteroatoms. The topological polar surface area (TPSA) is 96.4 Å². The van der Waals surface area contributed by atoms with E-state index in [9.17, 15) is 18.4 Å². The fourth-order valence-corrected chi connectivity index (χ4v) is 3.96. The lowest BCUT2D eigenvalue weighted by atomic mass is 9.91. The summed E-state index contributed by atoms with van der Waals surface area (Å²) in [4.78, 5) is 12.6. The molecule has 0 spiro atoms. The van der Waals surface area contributed by atoms with Gasteiger partial charge in [-0.05, 0) is 6.07 Å². The number of aromatic nitrogens is 6. The first-order chi connectivity index (χ1) is 15.1. The Balaban J connectivity index is 1.60. The molecule has 0 amide bonds. The van der Waals surface area contributed by atoms with Gasteiger partial charge in [0.05, 0.1) is 16.9 Å². The van der Waals surface area contributed by atoms with E-state index in [-0.39, 0.29) is 53.7 Å². The summed E-state index contributed by atoms with van der Waals surface area (Å²) in [5.74, 6) is -1.05. The number of halogens is 5. The van der Waals surface area contributed by atoms with Crippen LogP contribution in [0, 0.1) is 11.3 Å². The molecule has 1 saturated heterocycles. The summed E-state index contributed by atoms with van der Waals surface area (Å²) in [6.07, 6.45) is -1.09. The van der Waals surface area contributed by atoms with E-state index >= 15 is 4.39 Å². The molecule has 0 bridgehead atoms. The monoisotopic (exact) mass is 466 g/mol. The van der Waals surface area contributed by atoms with E-state index in [1.54, 1.807) is 11.9 Å². The second kappa shape index (κ2) is 7.98. The minimum Gasteiger partial charge on any atom is -0.368 e. The van der Waals surface area contributed by atoms with Crippen LogP contribution in [0.1, 0.15) is 30.1 Å². The molecular weight excluding hydrogens is 452 g/mol. The van der Waals surface area contributed by atoms with Gasteiger partial charge in [-0.25, -0.2) is 19.3 Å². The van der Waals surface area contributed by atoms with Crippen molar-refractivity contribution in [3.63, 3.8) is 0 Å². The molecule has 166 valence electrons. The number of hydrogen-bond acceptors (Lipinski definition) is 7. The van der Waals surface area contributed by atoms with Crippen LogP contribution in [-0.4, -0.2) is 42.8 Å². The Hall–Kier alpha value is -3.33. The molecule has 32 heavy (non-hydrogen) atoms. The zero-order valence-corrected chi connectivity index (χ0v) is 17.4. The van der Waals surface area contributed by atoms with Gasteiger partial charge in [-0.2, -0.15) is 18.4 Å². The molecule has 0 N–H and O–H groups in total. The maximum atomic E-state index is 15.4. The number of alkyl halides is 4. The van der Waals surface area contributed by atoms with Crippen molar-refractivity contribution in [1.29, 1.82) is 5.26 Å². The average Bonchev–Trinajstić information content (AvgIpc) is 3.20. The molecule has 0 atom stereocenters. The summed E-state index contributed by atoms with van der Waals surface area (Å²) in [7, 11) is 1.67. The van der Waals surface area contributed by atoms with Crippen LogP contribution in [0.5, 0.6) is 0 Å². The SMILES string of the molecule is Cn1cnnc1C1(F)CCN(c2c(C#N)cc(-c3cnc(C(F)(F)F)nc3)nc2Cl)CC1. The number of nitrogens with zero attached hydrogens (tertiary/aromatic N) is 8. The normalized spacial score (nSPS) is 16.1. The number of piperidine rings is 1. The van der Waals surface area contributed by atoms with Crippen molar-refractivity contribution in [2.75, 3.05) is 18.0 Å². The van der Waals surface area contributed by atoms with Gasteiger partial charge < -0.3 is 9.47 Å². The zero-order valence-electron chi connectivity index (χ0n) is 16.6. The lowest BCUT2D eigenvalue weighted by Gasteiger charge is -2.37. The van der Waals surface area contributed by atoms with Gasteiger partial charge in [0.1, 0.15) is 12.4 Å². The molecular formula is C19H15ClF4N8. The van der Waals surface area contributed by atoms with Crippen LogP contribution < -0.4 is 4.90 Å². The fourth-order valence-electron chi connectivity index (χ4n) is 3.65. The van der Waals surface area contributed by atoms with E-state index in [1.807, 2.05) is 6.07 Å². The Kier molecular flexibility index (Phi) is 5.46. The third-order valence-corrected chi connectivity index (χ3v) is 5.52. The summed E-state index contributed by atoms with van der Waals surface area (Å²) in [5.41, 5.74) is -0.839. The first-order valence-corrected chi connectivity index (χ1v) is 9.79. The van der Waals surface area contributed by atoms with Gasteiger partial charge >= 0.3 is 6.18 Å². The second-order valence-electron chi connectivity index (χ2n) is 7.32. The van der Waals surface area contributed by atoms with Crippen LogP contribution >= 0.6 is 11.6 Å². The number of pyridine rings is 1. The van der Waals surface area contributed by atoms with Gasteiger partial charge in [-0.1, -0.05) is 11.6 Å². The Morgan fingerprint density at radius 2 is 1.84 bits per heavy atom. The molecule has 1 fully saturated rings. The predicted octanol–water partition coefficient (Wildman–Crippen LogP) is 3.68. The summed E-state index contributed by atoms with van der Waals surface area (Å²) >= 11 is 6.35. The molecule has 1 aliphatic heterocycles. The Labute approximate surface area is 184 Å². The Bertz CT molecular complexity index is 1180. The van der Waals surface area contributed by atoms with Crippen LogP contribution in [0.3, 0.4) is 0 Å². The molecule has 0 radical (unpaired) electrons. The lowest BCUT2D eigenvalue weighted by molar-refractivity contribution is -0.144. The van der Waals surface area contributed by atoms with Crippen molar-refractivity contribution < 1.29 is 17.6 Å². The third kappa shape index (κ3) is 3.95. The maximum absolute atomic E-state index is 15.4. The number of anilines is 1. The van der Waals surface area contributed by atoms with Crippen molar-refractivity contribution in [1.82, 2.24) is 29.7 Å². The molecule has 0 aromatic carbocycles. The minimum absolute atomic E-state index is 0.0241. The van der Waals surface area contributed by atoms with Crippen LogP contribution in [-0.2, 0) is 18.9 Å². The molecule has 4 rings (SSSR count). The largest absolute Gasteiger partial charge is 0.451 e. The second-order valence-corrected chi connectivity index (χ2v) is 7.68. The highest BCUT2D eigenvalue weighted by molar-refractivity contribution is 6.32. The number of nitriles is 1. The quantitative estimate of drug-likeness (QED) is 0.429. The van der Waals surface area contributed by atoms with Gasteiger partial charge in [-0.3, -0.25) is 0 Å². The molecule has 3 aromatic rings. The molecule has 3 aromatic heterocycles. The number of hydrogen-bond donors (Lipinski definition) is 0. The molecule has 8 nitrogen and oxygen atoms in total. The molecule has 1 aliphatic rings. The van der Waals surface area contributed by atoms with Gasteiger partial charge in [0.2, 0.25) is 5.82 Å².